The molecular weight excluding hydrogens is 330 g/mol. The molecule has 0 aliphatic carbocycles. The standard InChI is InChI=1S/C20H25N3O3/c1-12(6-13(2)21)10-25-16-4-5-17-18-8-20(23-14(3)24)22-9-15(18)11-26-19(17)7-16/h4-5,7-9,12-13H,6,10-11,21H2,1-3H3,(H,22,23,24). The highest BCUT2D eigenvalue weighted by atomic mass is 16.5. The third-order valence-corrected chi connectivity index (χ3v) is 4.23. The van der Waals surface area contributed by atoms with E-state index in [-0.39, 0.29) is 11.9 Å². The molecule has 2 unspecified atom stereocenters. The van der Waals surface area contributed by atoms with Crippen molar-refractivity contribution in [3.63, 3.8) is 0 Å². The summed E-state index contributed by atoms with van der Waals surface area (Å²) in [5, 5.41) is 2.72. The predicted molar refractivity (Wildman–Crippen MR) is 101 cm³/mol. The molecule has 0 spiro atoms. The number of nitrogens with one attached hydrogen (secondary N) is 1. The molecule has 0 radical (unpaired) electrons. The molecule has 3 rings (SSSR count). The first-order valence-electron chi connectivity index (χ1n) is 8.84. The summed E-state index contributed by atoms with van der Waals surface area (Å²) in [5.41, 5.74) is 8.81. The molecule has 1 amide bonds. The van der Waals surface area contributed by atoms with Crippen LogP contribution in [0.2, 0.25) is 0 Å². The van der Waals surface area contributed by atoms with Gasteiger partial charge in [0.2, 0.25) is 5.91 Å². The molecule has 2 aromatic rings. The van der Waals surface area contributed by atoms with E-state index in [9.17, 15) is 4.79 Å². The molecular formula is C20H25N3O3. The smallest absolute Gasteiger partial charge is 0.222 e. The van der Waals surface area contributed by atoms with Crippen LogP contribution in [0.3, 0.4) is 0 Å². The number of rotatable bonds is 6. The van der Waals surface area contributed by atoms with Gasteiger partial charge in [-0.3, -0.25) is 4.79 Å². The summed E-state index contributed by atoms with van der Waals surface area (Å²) < 4.78 is 11.7. The number of hydrogen-bond donors (Lipinski definition) is 2. The van der Waals surface area contributed by atoms with Crippen molar-refractivity contribution >= 4 is 11.7 Å². The largest absolute Gasteiger partial charge is 0.493 e. The van der Waals surface area contributed by atoms with Gasteiger partial charge in [-0.1, -0.05) is 6.92 Å². The van der Waals surface area contributed by atoms with Gasteiger partial charge in [0, 0.05) is 36.4 Å². The van der Waals surface area contributed by atoms with Gasteiger partial charge in [0.25, 0.3) is 0 Å². The van der Waals surface area contributed by atoms with E-state index in [0.717, 1.165) is 34.6 Å². The lowest BCUT2D eigenvalue weighted by Crippen LogP contribution is -2.21. The second-order valence-electron chi connectivity index (χ2n) is 6.98. The quantitative estimate of drug-likeness (QED) is 0.830. The molecule has 1 aromatic carbocycles. The van der Waals surface area contributed by atoms with Crippen molar-refractivity contribution < 1.29 is 14.3 Å². The maximum Gasteiger partial charge on any atom is 0.222 e. The van der Waals surface area contributed by atoms with Crippen LogP contribution in [-0.4, -0.2) is 23.5 Å². The van der Waals surface area contributed by atoms with Crippen molar-refractivity contribution in [3.8, 4) is 22.6 Å². The van der Waals surface area contributed by atoms with Crippen LogP contribution in [-0.2, 0) is 11.4 Å². The summed E-state index contributed by atoms with van der Waals surface area (Å²) in [6.07, 6.45) is 2.66. The molecule has 1 aliphatic rings. The molecule has 0 bridgehead atoms. The number of pyridine rings is 1. The van der Waals surface area contributed by atoms with Gasteiger partial charge in [-0.25, -0.2) is 4.98 Å². The highest BCUT2D eigenvalue weighted by Crippen LogP contribution is 2.40. The number of nitrogens with two attached hydrogens (primary N) is 1. The fourth-order valence-corrected chi connectivity index (χ4v) is 3.13. The number of carbonyl (C=O) groups excluding carboxylic acids is 1. The summed E-state index contributed by atoms with van der Waals surface area (Å²) in [6, 6.07) is 7.88. The van der Waals surface area contributed by atoms with E-state index in [2.05, 4.69) is 17.2 Å². The molecule has 1 aliphatic heterocycles. The monoisotopic (exact) mass is 355 g/mol. The fraction of sp³-hybridized carbons (Fsp3) is 0.400. The minimum absolute atomic E-state index is 0.144. The minimum Gasteiger partial charge on any atom is -0.493 e. The molecule has 138 valence electrons. The summed E-state index contributed by atoms with van der Waals surface area (Å²) >= 11 is 0. The number of anilines is 1. The first kappa shape index (κ1) is 18.2. The predicted octanol–water partition coefficient (Wildman–Crippen LogP) is 3.35. The lowest BCUT2D eigenvalue weighted by Gasteiger charge is -2.22. The van der Waals surface area contributed by atoms with Crippen LogP contribution < -0.4 is 20.5 Å². The molecule has 1 aromatic heterocycles. The fourth-order valence-electron chi connectivity index (χ4n) is 3.13. The number of ether oxygens (including phenoxy) is 2. The molecule has 2 atom stereocenters. The second-order valence-corrected chi connectivity index (χ2v) is 6.98. The van der Waals surface area contributed by atoms with Gasteiger partial charge in [0.05, 0.1) is 6.61 Å². The van der Waals surface area contributed by atoms with Crippen molar-refractivity contribution in [3.05, 3.63) is 36.0 Å². The van der Waals surface area contributed by atoms with Crippen LogP contribution >= 0.6 is 0 Å². The highest BCUT2D eigenvalue weighted by molar-refractivity contribution is 5.89. The Labute approximate surface area is 153 Å². The lowest BCUT2D eigenvalue weighted by molar-refractivity contribution is -0.114. The zero-order valence-corrected chi connectivity index (χ0v) is 15.4. The average Bonchev–Trinajstić information content (AvgIpc) is 2.58. The molecule has 6 nitrogen and oxygen atoms in total. The Kier molecular flexibility index (Phi) is 5.42. The Bertz CT molecular complexity index is 805. The summed E-state index contributed by atoms with van der Waals surface area (Å²) in [7, 11) is 0. The molecule has 26 heavy (non-hydrogen) atoms. The van der Waals surface area contributed by atoms with Crippen molar-refractivity contribution in [2.75, 3.05) is 11.9 Å². The van der Waals surface area contributed by atoms with E-state index in [0.29, 0.717) is 24.9 Å². The van der Waals surface area contributed by atoms with Crippen LogP contribution in [0.15, 0.2) is 30.5 Å². The van der Waals surface area contributed by atoms with Gasteiger partial charge in [0.1, 0.15) is 23.9 Å². The Morgan fingerprint density at radius 2 is 2.15 bits per heavy atom. The van der Waals surface area contributed by atoms with Crippen LogP contribution in [0.1, 0.15) is 32.8 Å². The number of aromatic nitrogens is 1. The Hall–Kier alpha value is -2.60. The zero-order valence-electron chi connectivity index (χ0n) is 15.4. The molecule has 0 saturated carbocycles. The first-order valence-corrected chi connectivity index (χ1v) is 8.84. The van der Waals surface area contributed by atoms with Gasteiger partial charge >= 0.3 is 0 Å². The number of carbonyl (C=O) groups is 1. The lowest BCUT2D eigenvalue weighted by atomic mass is 9.98. The second kappa shape index (κ2) is 7.74. The van der Waals surface area contributed by atoms with Gasteiger partial charge in [-0.2, -0.15) is 0 Å². The molecule has 0 saturated heterocycles. The SMILES string of the molecule is CC(=O)Nc1cc2c(cn1)COc1cc(OCC(C)CC(C)N)ccc1-2. The van der Waals surface area contributed by atoms with Gasteiger partial charge in [-0.05, 0) is 43.0 Å². The average molecular weight is 355 g/mol. The van der Waals surface area contributed by atoms with Gasteiger partial charge in [-0.15, -0.1) is 0 Å². The highest BCUT2D eigenvalue weighted by Gasteiger charge is 2.19. The van der Waals surface area contributed by atoms with E-state index in [1.165, 1.54) is 6.92 Å². The van der Waals surface area contributed by atoms with Crippen LogP contribution in [0.5, 0.6) is 11.5 Å². The van der Waals surface area contributed by atoms with Crippen LogP contribution in [0.25, 0.3) is 11.1 Å². The molecule has 2 heterocycles. The number of hydrogen-bond acceptors (Lipinski definition) is 5. The van der Waals surface area contributed by atoms with Crippen LogP contribution in [0, 0.1) is 5.92 Å². The number of benzene rings is 1. The number of amides is 1. The Morgan fingerprint density at radius 3 is 2.88 bits per heavy atom. The van der Waals surface area contributed by atoms with E-state index in [4.69, 9.17) is 15.2 Å². The van der Waals surface area contributed by atoms with E-state index in [1.807, 2.05) is 31.2 Å². The third kappa shape index (κ3) is 4.32. The summed E-state index contributed by atoms with van der Waals surface area (Å²) in [5.74, 6) is 2.33. The normalized spacial score (nSPS) is 14.5. The summed E-state index contributed by atoms with van der Waals surface area (Å²) in [6.45, 7) is 6.66. The number of fused-ring (bicyclic) bond motifs is 3. The van der Waals surface area contributed by atoms with Crippen molar-refractivity contribution in [2.24, 2.45) is 11.7 Å². The molecule has 6 heteroatoms. The maximum absolute atomic E-state index is 11.3. The summed E-state index contributed by atoms with van der Waals surface area (Å²) in [4.78, 5) is 15.5. The Morgan fingerprint density at radius 1 is 1.35 bits per heavy atom. The topological polar surface area (TPSA) is 86.5 Å². The molecule has 0 fully saturated rings. The van der Waals surface area contributed by atoms with Gasteiger partial charge < -0.3 is 20.5 Å². The zero-order chi connectivity index (χ0) is 18.7. The number of nitrogens with zero attached hydrogens (tertiary/aromatic N) is 1. The maximum atomic E-state index is 11.3. The van der Waals surface area contributed by atoms with Crippen molar-refractivity contribution in [1.29, 1.82) is 0 Å². The van der Waals surface area contributed by atoms with Gasteiger partial charge in [0.15, 0.2) is 0 Å². The van der Waals surface area contributed by atoms with E-state index >= 15 is 0 Å². The minimum atomic E-state index is -0.144. The Balaban J connectivity index is 1.78. The third-order valence-electron chi connectivity index (χ3n) is 4.23. The van der Waals surface area contributed by atoms with Crippen molar-refractivity contribution in [2.45, 2.75) is 39.8 Å². The van der Waals surface area contributed by atoms with Crippen molar-refractivity contribution in [1.82, 2.24) is 4.98 Å². The van der Waals surface area contributed by atoms with Crippen LogP contribution in [0.4, 0.5) is 5.82 Å². The van der Waals surface area contributed by atoms with E-state index in [1.54, 1.807) is 6.20 Å². The first-order chi connectivity index (χ1) is 12.4. The molecule has 3 N–H and O–H groups in total. The van der Waals surface area contributed by atoms with E-state index < -0.39 is 0 Å².